The van der Waals surface area contributed by atoms with Crippen LogP contribution in [-0.2, 0) is 17.6 Å². The van der Waals surface area contributed by atoms with E-state index in [-0.39, 0.29) is 5.91 Å². The van der Waals surface area contributed by atoms with Gasteiger partial charge in [0.05, 0.1) is 5.69 Å². The number of hydrogen-bond donors (Lipinski definition) is 1. The first-order valence-corrected chi connectivity index (χ1v) is 9.37. The summed E-state index contributed by atoms with van der Waals surface area (Å²) in [6, 6.07) is 13.6. The van der Waals surface area contributed by atoms with Gasteiger partial charge in [-0.25, -0.2) is 4.98 Å². The molecule has 0 saturated carbocycles. The van der Waals surface area contributed by atoms with Crippen molar-refractivity contribution in [2.45, 2.75) is 32.6 Å². The normalized spacial score (nSPS) is 11.0. The molecule has 0 unspecified atom stereocenters. The van der Waals surface area contributed by atoms with E-state index in [1.807, 2.05) is 59.3 Å². The van der Waals surface area contributed by atoms with Crippen molar-refractivity contribution < 1.29 is 9.32 Å². The van der Waals surface area contributed by atoms with Gasteiger partial charge in [0.25, 0.3) is 0 Å². The quantitative estimate of drug-likeness (QED) is 0.529. The fourth-order valence-electron chi connectivity index (χ4n) is 2.96. The number of carbonyl (C=O) groups excluding carboxylic acids is 1. The van der Waals surface area contributed by atoms with E-state index in [2.05, 4.69) is 27.4 Å². The van der Waals surface area contributed by atoms with Crippen molar-refractivity contribution in [1.82, 2.24) is 19.5 Å². The first-order valence-electron chi connectivity index (χ1n) is 9.37. The largest absolute Gasteiger partial charge is 0.339 e. The number of nitrogens with one attached hydrogen (secondary N) is 1. The lowest BCUT2D eigenvalue weighted by atomic mass is 10.1. The minimum Gasteiger partial charge on any atom is -0.339 e. The van der Waals surface area contributed by atoms with Crippen LogP contribution in [-0.4, -0.2) is 25.4 Å². The number of pyridine rings is 1. The minimum absolute atomic E-state index is 0.0873. The van der Waals surface area contributed by atoms with Gasteiger partial charge in [-0.1, -0.05) is 30.3 Å². The zero-order chi connectivity index (χ0) is 19.3. The van der Waals surface area contributed by atoms with Gasteiger partial charge in [-0.05, 0) is 30.7 Å². The number of amides is 1. The number of nitrogens with zero attached hydrogens (tertiary/aromatic N) is 4. The smallest absolute Gasteiger partial charge is 0.227 e. The second-order valence-electron chi connectivity index (χ2n) is 6.57. The summed E-state index contributed by atoms with van der Waals surface area (Å²) in [4.78, 5) is 21.1. The van der Waals surface area contributed by atoms with Gasteiger partial charge in [0.2, 0.25) is 11.8 Å². The zero-order valence-electron chi connectivity index (χ0n) is 15.6. The molecule has 7 heteroatoms. The van der Waals surface area contributed by atoms with Crippen molar-refractivity contribution in [2.75, 3.05) is 5.32 Å². The van der Waals surface area contributed by atoms with Gasteiger partial charge in [-0.15, -0.1) is 0 Å². The zero-order valence-corrected chi connectivity index (χ0v) is 15.6. The summed E-state index contributed by atoms with van der Waals surface area (Å²) in [6.07, 6.45) is 6.43. The van der Waals surface area contributed by atoms with Crippen LogP contribution < -0.4 is 5.32 Å². The van der Waals surface area contributed by atoms with Gasteiger partial charge < -0.3 is 14.2 Å². The van der Waals surface area contributed by atoms with E-state index >= 15 is 0 Å². The Morgan fingerprint density at radius 3 is 2.75 bits per heavy atom. The van der Waals surface area contributed by atoms with Gasteiger partial charge in [-0.2, -0.15) is 4.98 Å². The Balaban J connectivity index is 1.35. The maximum absolute atomic E-state index is 12.2. The van der Waals surface area contributed by atoms with Crippen LogP contribution in [0.1, 0.15) is 31.5 Å². The molecule has 0 atom stereocenters. The molecule has 1 aromatic carbocycles. The summed E-state index contributed by atoms with van der Waals surface area (Å²) in [6.45, 7) is 2.06. The number of aryl methyl sites for hydroxylation is 2. The molecule has 142 valence electrons. The molecule has 0 bridgehead atoms. The molecule has 0 spiro atoms. The molecular weight excluding hydrogens is 354 g/mol. The van der Waals surface area contributed by atoms with Crippen LogP contribution in [0, 0.1) is 0 Å². The maximum Gasteiger partial charge on any atom is 0.227 e. The van der Waals surface area contributed by atoms with Crippen LogP contribution in [0.2, 0.25) is 0 Å². The highest BCUT2D eigenvalue weighted by Crippen LogP contribution is 2.21. The number of carbonyl (C=O) groups is 1. The molecule has 0 aliphatic heterocycles. The number of imidazole rings is 1. The van der Waals surface area contributed by atoms with E-state index in [1.54, 1.807) is 0 Å². The molecule has 28 heavy (non-hydrogen) atoms. The Morgan fingerprint density at radius 1 is 1.11 bits per heavy atom. The topological polar surface area (TPSA) is 85.3 Å². The average molecular weight is 375 g/mol. The molecule has 0 fully saturated rings. The number of fused-ring (bicyclic) bond motifs is 1. The Bertz CT molecular complexity index is 1050. The SMILES string of the molecule is CCCc1noc(CCC(=O)Nc2ccc(-c3cn4ccccc4n3)cc2)n1. The Kier molecular flexibility index (Phi) is 5.14. The summed E-state index contributed by atoms with van der Waals surface area (Å²) in [5, 5.41) is 6.79. The summed E-state index contributed by atoms with van der Waals surface area (Å²) < 4.78 is 7.14. The summed E-state index contributed by atoms with van der Waals surface area (Å²) in [7, 11) is 0. The van der Waals surface area contributed by atoms with Crippen molar-refractivity contribution in [3.05, 3.63) is 66.6 Å². The van der Waals surface area contributed by atoms with Crippen molar-refractivity contribution in [1.29, 1.82) is 0 Å². The van der Waals surface area contributed by atoms with E-state index in [0.717, 1.165) is 35.4 Å². The van der Waals surface area contributed by atoms with E-state index < -0.39 is 0 Å². The predicted molar refractivity (Wildman–Crippen MR) is 106 cm³/mol. The lowest BCUT2D eigenvalue weighted by Gasteiger charge is -2.05. The van der Waals surface area contributed by atoms with Crippen LogP contribution in [0.5, 0.6) is 0 Å². The average Bonchev–Trinajstić information content (AvgIpc) is 3.34. The first kappa shape index (κ1) is 17.9. The summed E-state index contributed by atoms with van der Waals surface area (Å²) in [5.41, 5.74) is 3.53. The lowest BCUT2D eigenvalue weighted by Crippen LogP contribution is -2.12. The molecule has 1 amide bonds. The number of rotatable bonds is 7. The van der Waals surface area contributed by atoms with Gasteiger partial charge in [0, 0.05) is 42.9 Å². The third-order valence-corrected chi connectivity index (χ3v) is 4.38. The number of hydrogen-bond acceptors (Lipinski definition) is 5. The fourth-order valence-corrected chi connectivity index (χ4v) is 2.96. The van der Waals surface area contributed by atoms with E-state index in [4.69, 9.17) is 4.52 Å². The fraction of sp³-hybridized carbons (Fsp3) is 0.238. The highest BCUT2D eigenvalue weighted by molar-refractivity contribution is 5.91. The standard InChI is InChI=1S/C21H21N5O2/c1-2-5-18-24-21(28-25-18)12-11-20(27)22-16-9-7-15(8-10-16)17-14-26-13-4-3-6-19(26)23-17/h3-4,6-10,13-14H,2,5,11-12H2,1H3,(H,22,27). The lowest BCUT2D eigenvalue weighted by molar-refractivity contribution is -0.116. The molecule has 4 aromatic rings. The Morgan fingerprint density at radius 2 is 1.96 bits per heavy atom. The molecule has 3 aromatic heterocycles. The van der Waals surface area contributed by atoms with Gasteiger partial charge in [-0.3, -0.25) is 4.79 Å². The van der Waals surface area contributed by atoms with Crippen molar-refractivity contribution in [2.24, 2.45) is 0 Å². The summed E-state index contributed by atoms with van der Waals surface area (Å²) >= 11 is 0. The summed E-state index contributed by atoms with van der Waals surface area (Å²) in [5.74, 6) is 1.11. The molecule has 0 aliphatic carbocycles. The van der Waals surface area contributed by atoms with E-state index in [0.29, 0.717) is 24.6 Å². The van der Waals surface area contributed by atoms with Crippen molar-refractivity contribution >= 4 is 17.2 Å². The van der Waals surface area contributed by atoms with Crippen LogP contribution in [0.25, 0.3) is 16.9 Å². The van der Waals surface area contributed by atoms with E-state index in [1.165, 1.54) is 0 Å². The van der Waals surface area contributed by atoms with Crippen LogP contribution in [0.3, 0.4) is 0 Å². The van der Waals surface area contributed by atoms with Crippen LogP contribution >= 0.6 is 0 Å². The Hall–Kier alpha value is -3.48. The molecule has 0 aliphatic rings. The molecule has 4 rings (SSSR count). The monoisotopic (exact) mass is 375 g/mol. The maximum atomic E-state index is 12.2. The number of aromatic nitrogens is 4. The third kappa shape index (κ3) is 4.09. The van der Waals surface area contributed by atoms with Gasteiger partial charge in [0.15, 0.2) is 5.82 Å². The molecule has 3 heterocycles. The molecular formula is C21H21N5O2. The third-order valence-electron chi connectivity index (χ3n) is 4.38. The van der Waals surface area contributed by atoms with Crippen molar-refractivity contribution in [3.63, 3.8) is 0 Å². The second kappa shape index (κ2) is 8.04. The van der Waals surface area contributed by atoms with Crippen LogP contribution in [0.4, 0.5) is 5.69 Å². The number of benzene rings is 1. The highest BCUT2D eigenvalue weighted by atomic mass is 16.5. The highest BCUT2D eigenvalue weighted by Gasteiger charge is 2.10. The van der Waals surface area contributed by atoms with Gasteiger partial charge >= 0.3 is 0 Å². The second-order valence-corrected chi connectivity index (χ2v) is 6.57. The molecule has 1 N–H and O–H groups in total. The number of anilines is 1. The first-order chi connectivity index (χ1) is 13.7. The van der Waals surface area contributed by atoms with Crippen molar-refractivity contribution in [3.8, 4) is 11.3 Å². The van der Waals surface area contributed by atoms with Crippen LogP contribution in [0.15, 0.2) is 59.4 Å². The molecule has 0 radical (unpaired) electrons. The molecule has 7 nitrogen and oxygen atoms in total. The Labute approximate surface area is 162 Å². The predicted octanol–water partition coefficient (Wildman–Crippen LogP) is 3.91. The minimum atomic E-state index is -0.0873. The molecule has 0 saturated heterocycles. The van der Waals surface area contributed by atoms with E-state index in [9.17, 15) is 4.79 Å². The van der Waals surface area contributed by atoms with Gasteiger partial charge in [0.1, 0.15) is 5.65 Å².